The van der Waals surface area contributed by atoms with E-state index in [1.807, 2.05) is 6.92 Å². The van der Waals surface area contributed by atoms with E-state index in [9.17, 15) is 4.79 Å². The van der Waals surface area contributed by atoms with Crippen molar-refractivity contribution in [2.75, 3.05) is 6.61 Å². The Balaban J connectivity index is 1.89. The first-order chi connectivity index (χ1) is 8.08. The molecular weight excluding hydrogens is 216 g/mol. The third-order valence-corrected chi connectivity index (χ3v) is 4.28. The van der Waals surface area contributed by atoms with Crippen LogP contribution in [0.4, 0.5) is 0 Å². The van der Waals surface area contributed by atoms with Gasteiger partial charge in [-0.15, -0.1) is 0 Å². The highest BCUT2D eigenvalue weighted by Gasteiger charge is 2.34. The molecule has 1 saturated carbocycles. The monoisotopic (exact) mass is 240 g/mol. The first-order valence-electron chi connectivity index (χ1n) is 6.75. The summed E-state index contributed by atoms with van der Waals surface area (Å²) in [6.45, 7) is 4.94. The number of hydrogen-bond acceptors (Lipinski definition) is 3. The minimum absolute atomic E-state index is 0.0894. The van der Waals surface area contributed by atoms with Crippen molar-refractivity contribution >= 4 is 5.91 Å². The molecule has 1 aliphatic heterocycles. The molecule has 0 bridgehead atoms. The van der Waals surface area contributed by atoms with Crippen LogP contribution < -0.4 is 11.1 Å². The van der Waals surface area contributed by atoms with Gasteiger partial charge in [0.05, 0.1) is 12.1 Å². The van der Waals surface area contributed by atoms with E-state index in [1.165, 1.54) is 0 Å². The highest BCUT2D eigenvalue weighted by atomic mass is 16.5. The molecule has 3 N–H and O–H groups in total. The van der Waals surface area contributed by atoms with Gasteiger partial charge in [0.15, 0.2) is 0 Å². The predicted molar refractivity (Wildman–Crippen MR) is 66.4 cm³/mol. The number of hydrogen-bond donors (Lipinski definition) is 2. The third-order valence-electron chi connectivity index (χ3n) is 4.28. The van der Waals surface area contributed by atoms with Gasteiger partial charge in [0.25, 0.3) is 0 Å². The SMILES string of the molecule is CC1CCC(N)CC1C(=O)NC1CCOC1C. The third kappa shape index (κ3) is 2.99. The van der Waals surface area contributed by atoms with Gasteiger partial charge in [-0.25, -0.2) is 0 Å². The highest BCUT2D eigenvalue weighted by Crippen LogP contribution is 2.29. The van der Waals surface area contributed by atoms with Gasteiger partial charge in [-0.3, -0.25) is 4.79 Å². The standard InChI is InChI=1S/C13H24N2O2/c1-8-3-4-10(14)7-11(8)13(16)15-12-5-6-17-9(12)2/h8-12H,3-7,14H2,1-2H3,(H,15,16). The Morgan fingerprint density at radius 2 is 2.06 bits per heavy atom. The van der Waals surface area contributed by atoms with Crippen molar-refractivity contribution in [1.82, 2.24) is 5.32 Å². The molecule has 1 aliphatic carbocycles. The van der Waals surface area contributed by atoms with Gasteiger partial charge in [-0.05, 0) is 38.5 Å². The molecule has 4 heteroatoms. The van der Waals surface area contributed by atoms with Gasteiger partial charge >= 0.3 is 0 Å². The zero-order chi connectivity index (χ0) is 12.4. The lowest BCUT2D eigenvalue weighted by atomic mass is 9.77. The summed E-state index contributed by atoms with van der Waals surface area (Å²) in [6, 6.07) is 0.382. The fourth-order valence-electron chi connectivity index (χ4n) is 2.93. The second kappa shape index (κ2) is 5.36. The van der Waals surface area contributed by atoms with E-state index in [2.05, 4.69) is 12.2 Å². The Bertz CT molecular complexity index is 283. The van der Waals surface area contributed by atoms with Gasteiger partial charge < -0.3 is 15.8 Å². The summed E-state index contributed by atoms with van der Waals surface area (Å²) in [5.41, 5.74) is 5.96. The van der Waals surface area contributed by atoms with E-state index < -0.39 is 0 Å². The molecule has 5 atom stereocenters. The molecular formula is C13H24N2O2. The maximum Gasteiger partial charge on any atom is 0.223 e. The molecule has 98 valence electrons. The fraction of sp³-hybridized carbons (Fsp3) is 0.923. The molecule has 2 fully saturated rings. The van der Waals surface area contributed by atoms with Crippen LogP contribution in [-0.2, 0) is 9.53 Å². The topological polar surface area (TPSA) is 64.4 Å². The Kier molecular flexibility index (Phi) is 4.05. The van der Waals surface area contributed by atoms with Crippen LogP contribution in [0.3, 0.4) is 0 Å². The molecule has 0 aromatic carbocycles. The van der Waals surface area contributed by atoms with Crippen LogP contribution in [0.1, 0.15) is 39.5 Å². The average molecular weight is 240 g/mol. The molecule has 1 amide bonds. The molecule has 0 aromatic heterocycles. The zero-order valence-electron chi connectivity index (χ0n) is 10.8. The highest BCUT2D eigenvalue weighted by molar-refractivity contribution is 5.79. The molecule has 0 spiro atoms. The van der Waals surface area contributed by atoms with Gasteiger partial charge in [0.2, 0.25) is 5.91 Å². The lowest BCUT2D eigenvalue weighted by molar-refractivity contribution is -0.128. The van der Waals surface area contributed by atoms with Crippen molar-refractivity contribution in [2.45, 2.75) is 57.7 Å². The molecule has 1 saturated heterocycles. The van der Waals surface area contributed by atoms with E-state index in [0.29, 0.717) is 5.92 Å². The van der Waals surface area contributed by atoms with Crippen LogP contribution in [0.25, 0.3) is 0 Å². The van der Waals surface area contributed by atoms with Crippen molar-refractivity contribution in [3.05, 3.63) is 0 Å². The summed E-state index contributed by atoms with van der Waals surface area (Å²) in [6.07, 6.45) is 4.02. The number of amides is 1. The number of carbonyl (C=O) groups is 1. The van der Waals surface area contributed by atoms with Crippen LogP contribution in [0.5, 0.6) is 0 Å². The van der Waals surface area contributed by atoms with Crippen LogP contribution in [0, 0.1) is 11.8 Å². The second-order valence-corrected chi connectivity index (χ2v) is 5.64. The Labute approximate surface area is 103 Å². The van der Waals surface area contributed by atoms with E-state index in [0.717, 1.165) is 32.3 Å². The second-order valence-electron chi connectivity index (χ2n) is 5.64. The first kappa shape index (κ1) is 12.8. The molecule has 1 heterocycles. The first-order valence-corrected chi connectivity index (χ1v) is 6.75. The molecule has 2 aliphatic rings. The van der Waals surface area contributed by atoms with Crippen LogP contribution in [-0.4, -0.2) is 30.7 Å². The maximum atomic E-state index is 12.2. The average Bonchev–Trinajstić information content (AvgIpc) is 2.68. The van der Waals surface area contributed by atoms with E-state index in [1.54, 1.807) is 0 Å². The van der Waals surface area contributed by atoms with Crippen LogP contribution in [0.15, 0.2) is 0 Å². The zero-order valence-corrected chi connectivity index (χ0v) is 10.8. The summed E-state index contributed by atoms with van der Waals surface area (Å²) in [7, 11) is 0. The molecule has 17 heavy (non-hydrogen) atoms. The summed E-state index contributed by atoms with van der Waals surface area (Å²) in [4.78, 5) is 12.2. The Morgan fingerprint density at radius 3 is 2.71 bits per heavy atom. The number of nitrogens with one attached hydrogen (secondary N) is 1. The van der Waals surface area contributed by atoms with Crippen molar-refractivity contribution < 1.29 is 9.53 Å². The number of nitrogens with two attached hydrogens (primary N) is 1. The van der Waals surface area contributed by atoms with Gasteiger partial charge in [0, 0.05) is 18.6 Å². The summed E-state index contributed by atoms with van der Waals surface area (Å²) in [5.74, 6) is 0.717. The molecule has 2 rings (SSSR count). The molecule has 5 unspecified atom stereocenters. The maximum absolute atomic E-state index is 12.2. The number of ether oxygens (including phenoxy) is 1. The van der Waals surface area contributed by atoms with E-state index >= 15 is 0 Å². The quantitative estimate of drug-likeness (QED) is 0.758. The van der Waals surface area contributed by atoms with Gasteiger partial charge in [-0.2, -0.15) is 0 Å². The number of rotatable bonds is 2. The fourth-order valence-corrected chi connectivity index (χ4v) is 2.93. The van der Waals surface area contributed by atoms with Gasteiger partial charge in [0.1, 0.15) is 0 Å². The van der Waals surface area contributed by atoms with Crippen LogP contribution in [0.2, 0.25) is 0 Å². The van der Waals surface area contributed by atoms with E-state index in [-0.39, 0.29) is 30.0 Å². The van der Waals surface area contributed by atoms with Crippen molar-refractivity contribution in [3.63, 3.8) is 0 Å². The molecule has 0 radical (unpaired) electrons. The van der Waals surface area contributed by atoms with Crippen molar-refractivity contribution in [1.29, 1.82) is 0 Å². The molecule has 0 aromatic rings. The van der Waals surface area contributed by atoms with Crippen LogP contribution >= 0.6 is 0 Å². The normalized spacial score (nSPS) is 42.4. The summed E-state index contributed by atoms with van der Waals surface area (Å²) in [5, 5.41) is 3.13. The summed E-state index contributed by atoms with van der Waals surface area (Å²) < 4.78 is 5.46. The Hall–Kier alpha value is -0.610. The predicted octanol–water partition coefficient (Wildman–Crippen LogP) is 1.04. The summed E-state index contributed by atoms with van der Waals surface area (Å²) >= 11 is 0. The lowest BCUT2D eigenvalue weighted by Crippen LogP contribution is -2.46. The lowest BCUT2D eigenvalue weighted by Gasteiger charge is -2.32. The minimum Gasteiger partial charge on any atom is -0.376 e. The number of carbonyl (C=O) groups excluding carboxylic acids is 1. The van der Waals surface area contributed by atoms with Crippen molar-refractivity contribution in [3.8, 4) is 0 Å². The Morgan fingerprint density at radius 1 is 1.29 bits per heavy atom. The smallest absolute Gasteiger partial charge is 0.223 e. The minimum atomic E-state index is 0.0894. The largest absolute Gasteiger partial charge is 0.376 e. The van der Waals surface area contributed by atoms with Crippen molar-refractivity contribution in [2.24, 2.45) is 17.6 Å². The molecule has 4 nitrogen and oxygen atoms in total. The van der Waals surface area contributed by atoms with E-state index in [4.69, 9.17) is 10.5 Å². The van der Waals surface area contributed by atoms with Gasteiger partial charge in [-0.1, -0.05) is 6.92 Å².